The molecule has 258 valence electrons. The molecule has 2 amide bonds. The maximum absolute atomic E-state index is 13.8. The zero-order valence-corrected chi connectivity index (χ0v) is 29.5. The summed E-state index contributed by atoms with van der Waals surface area (Å²) >= 11 is 0. The Kier molecular flexibility index (Phi) is 9.62. The van der Waals surface area contributed by atoms with Crippen LogP contribution in [0.25, 0.3) is 44.3 Å². The van der Waals surface area contributed by atoms with Crippen LogP contribution in [-0.4, -0.2) is 36.0 Å². The molecule has 0 spiro atoms. The fourth-order valence-electron chi connectivity index (χ4n) is 6.58. The Labute approximate surface area is 302 Å². The lowest BCUT2D eigenvalue weighted by molar-refractivity contribution is 0.0943. The first-order valence-electron chi connectivity index (χ1n) is 17.1. The van der Waals surface area contributed by atoms with E-state index in [0.717, 1.165) is 78.1 Å². The molecule has 0 aliphatic carbocycles. The molecule has 0 atom stereocenters. The van der Waals surface area contributed by atoms with E-state index in [1.165, 1.54) is 0 Å². The zero-order valence-electron chi connectivity index (χ0n) is 29.5. The van der Waals surface area contributed by atoms with Gasteiger partial charge in [-0.3, -0.25) is 9.59 Å². The van der Waals surface area contributed by atoms with Gasteiger partial charge in [0.25, 0.3) is 11.8 Å². The molecular formula is C44H38N4O4. The molecule has 7 aromatic rings. The number of hydrogen-bond donors (Lipinski definition) is 2. The van der Waals surface area contributed by atoms with Crippen molar-refractivity contribution in [1.82, 2.24) is 20.6 Å². The summed E-state index contributed by atoms with van der Waals surface area (Å²) in [7, 11) is 3.27. The van der Waals surface area contributed by atoms with Gasteiger partial charge < -0.3 is 20.1 Å². The number of amides is 2. The van der Waals surface area contributed by atoms with Crippen molar-refractivity contribution >= 4 is 33.6 Å². The third-order valence-corrected chi connectivity index (χ3v) is 9.38. The summed E-state index contributed by atoms with van der Waals surface area (Å²) in [6, 6.07) is 38.7. The van der Waals surface area contributed by atoms with Crippen molar-refractivity contribution in [1.29, 1.82) is 0 Å². The fraction of sp³-hybridized carbons (Fsp3) is 0.136. The van der Waals surface area contributed by atoms with Crippen molar-refractivity contribution in [3.05, 3.63) is 155 Å². The minimum Gasteiger partial charge on any atom is -0.497 e. The molecule has 2 N–H and O–H groups in total. The highest BCUT2D eigenvalue weighted by Crippen LogP contribution is 2.32. The molecule has 0 saturated heterocycles. The Morgan fingerprint density at radius 3 is 1.25 bits per heavy atom. The number of carbonyl (C=O) groups is 2. The number of ether oxygens (including phenoxy) is 2. The van der Waals surface area contributed by atoms with Crippen molar-refractivity contribution in [2.75, 3.05) is 14.2 Å². The predicted octanol–water partition coefficient (Wildman–Crippen LogP) is 8.61. The quantitative estimate of drug-likeness (QED) is 0.149. The molecule has 8 heteroatoms. The van der Waals surface area contributed by atoms with Crippen LogP contribution in [0.5, 0.6) is 11.5 Å². The smallest absolute Gasteiger partial charge is 0.252 e. The summed E-state index contributed by atoms with van der Waals surface area (Å²) in [5.74, 6) is 1.17. The van der Waals surface area contributed by atoms with E-state index in [-0.39, 0.29) is 11.8 Å². The number of methoxy groups -OCH3 is 2. The minimum absolute atomic E-state index is 0.170. The van der Waals surface area contributed by atoms with Gasteiger partial charge in [-0.2, -0.15) is 0 Å². The lowest BCUT2D eigenvalue weighted by atomic mass is 9.97. The average molecular weight is 687 g/mol. The lowest BCUT2D eigenvalue weighted by Gasteiger charge is -2.16. The van der Waals surface area contributed by atoms with Crippen LogP contribution in [0.1, 0.15) is 43.0 Å². The van der Waals surface area contributed by atoms with E-state index in [2.05, 4.69) is 10.6 Å². The van der Waals surface area contributed by atoms with Gasteiger partial charge in [0.2, 0.25) is 0 Å². The fourth-order valence-corrected chi connectivity index (χ4v) is 6.58. The Morgan fingerprint density at radius 1 is 0.519 bits per heavy atom. The van der Waals surface area contributed by atoms with Crippen LogP contribution in [0.2, 0.25) is 0 Å². The number of carbonyl (C=O) groups excluding carboxylic acids is 2. The van der Waals surface area contributed by atoms with Crippen LogP contribution in [0, 0.1) is 13.8 Å². The summed E-state index contributed by atoms with van der Waals surface area (Å²) < 4.78 is 10.6. The number of nitrogens with one attached hydrogen (secondary N) is 2. The van der Waals surface area contributed by atoms with E-state index in [1.54, 1.807) is 14.2 Å². The number of aromatic nitrogens is 2. The molecule has 5 aromatic carbocycles. The van der Waals surface area contributed by atoms with Gasteiger partial charge >= 0.3 is 0 Å². The van der Waals surface area contributed by atoms with E-state index < -0.39 is 0 Å². The number of pyridine rings is 2. The van der Waals surface area contributed by atoms with Crippen molar-refractivity contribution in [3.63, 3.8) is 0 Å². The maximum Gasteiger partial charge on any atom is 0.252 e. The summed E-state index contributed by atoms with van der Waals surface area (Å²) in [5.41, 5.74) is 9.52. The molecular weight excluding hydrogens is 649 g/mol. The average Bonchev–Trinajstić information content (AvgIpc) is 3.19. The second-order valence-corrected chi connectivity index (χ2v) is 12.6. The Bertz CT molecular complexity index is 2250. The summed E-state index contributed by atoms with van der Waals surface area (Å²) in [5, 5.41) is 7.83. The first-order chi connectivity index (χ1) is 25.3. The molecule has 0 fully saturated rings. The van der Waals surface area contributed by atoms with Crippen LogP contribution in [0.15, 0.2) is 121 Å². The Balaban J connectivity index is 1.06. The predicted molar refractivity (Wildman–Crippen MR) is 206 cm³/mol. The van der Waals surface area contributed by atoms with Crippen LogP contribution in [0.4, 0.5) is 0 Å². The summed E-state index contributed by atoms with van der Waals surface area (Å²) in [6.07, 6.45) is 0. The Hall–Kier alpha value is -6.54. The van der Waals surface area contributed by atoms with E-state index in [1.807, 2.05) is 135 Å². The lowest BCUT2D eigenvalue weighted by Crippen LogP contribution is -2.25. The maximum atomic E-state index is 13.8. The molecule has 8 nitrogen and oxygen atoms in total. The monoisotopic (exact) mass is 686 g/mol. The van der Waals surface area contributed by atoms with Gasteiger partial charge in [0.05, 0.1) is 47.8 Å². The number of benzene rings is 5. The highest BCUT2D eigenvalue weighted by molar-refractivity contribution is 6.10. The van der Waals surface area contributed by atoms with Crippen LogP contribution < -0.4 is 20.1 Å². The van der Waals surface area contributed by atoms with Crippen molar-refractivity contribution in [2.45, 2.75) is 26.9 Å². The zero-order chi connectivity index (χ0) is 36.2. The standard InChI is InChI=1S/C44H38N4O4/c1-27-39(35-9-5-7-11-37(35)47-41(27)31-17-21-33(51-3)22-18-31)43(49)45-25-29-13-15-30(16-14-29)26-46-44(50)40-28(2)42(32-19-23-34(52-4)24-20-32)48-38-12-8-6-10-36(38)40/h5-24H,25-26H2,1-4H3,(H,45,49)(H,46,50). The third kappa shape index (κ3) is 6.79. The van der Waals surface area contributed by atoms with Gasteiger partial charge in [-0.05, 0) is 96.8 Å². The molecule has 0 saturated carbocycles. The van der Waals surface area contributed by atoms with Crippen LogP contribution >= 0.6 is 0 Å². The third-order valence-electron chi connectivity index (χ3n) is 9.38. The van der Waals surface area contributed by atoms with Gasteiger partial charge in [-0.1, -0.05) is 60.7 Å². The molecule has 2 heterocycles. The molecule has 7 rings (SSSR count). The topological polar surface area (TPSA) is 102 Å². The van der Waals surface area contributed by atoms with Gasteiger partial charge in [0, 0.05) is 35.0 Å². The molecule has 0 aliphatic rings. The van der Waals surface area contributed by atoms with E-state index in [9.17, 15) is 9.59 Å². The molecule has 0 aliphatic heterocycles. The largest absolute Gasteiger partial charge is 0.497 e. The van der Waals surface area contributed by atoms with Gasteiger partial charge in [0.1, 0.15) is 11.5 Å². The van der Waals surface area contributed by atoms with Gasteiger partial charge in [0.15, 0.2) is 0 Å². The van der Waals surface area contributed by atoms with Crippen molar-refractivity contribution in [3.8, 4) is 34.0 Å². The molecule has 0 radical (unpaired) electrons. The number of rotatable bonds is 10. The SMILES string of the molecule is COc1ccc(-c2nc3ccccc3c(C(=O)NCc3ccc(CNC(=O)c4c(C)c(-c5ccc(OC)cc5)nc5ccccc45)cc3)c2C)cc1. The molecule has 2 aromatic heterocycles. The highest BCUT2D eigenvalue weighted by Gasteiger charge is 2.20. The van der Waals surface area contributed by atoms with Crippen molar-refractivity contribution in [2.24, 2.45) is 0 Å². The molecule has 52 heavy (non-hydrogen) atoms. The van der Waals surface area contributed by atoms with Gasteiger partial charge in [-0.15, -0.1) is 0 Å². The summed E-state index contributed by atoms with van der Waals surface area (Å²) in [6.45, 7) is 4.56. The van der Waals surface area contributed by atoms with Crippen LogP contribution in [-0.2, 0) is 13.1 Å². The molecule has 0 bridgehead atoms. The normalized spacial score (nSPS) is 11.0. The second-order valence-electron chi connectivity index (χ2n) is 12.6. The van der Waals surface area contributed by atoms with Crippen LogP contribution in [0.3, 0.4) is 0 Å². The number of nitrogens with zero attached hydrogens (tertiary/aromatic N) is 2. The highest BCUT2D eigenvalue weighted by atomic mass is 16.5. The second kappa shape index (κ2) is 14.7. The number of fused-ring (bicyclic) bond motifs is 2. The number of hydrogen-bond acceptors (Lipinski definition) is 6. The minimum atomic E-state index is -0.170. The first-order valence-corrected chi connectivity index (χ1v) is 17.1. The van der Waals surface area contributed by atoms with Gasteiger partial charge in [-0.25, -0.2) is 9.97 Å². The number of para-hydroxylation sites is 2. The van der Waals surface area contributed by atoms with E-state index >= 15 is 0 Å². The van der Waals surface area contributed by atoms with E-state index in [0.29, 0.717) is 24.2 Å². The van der Waals surface area contributed by atoms with Crippen molar-refractivity contribution < 1.29 is 19.1 Å². The van der Waals surface area contributed by atoms with E-state index in [4.69, 9.17) is 19.4 Å². The first kappa shape index (κ1) is 33.9. The Morgan fingerprint density at radius 2 is 0.885 bits per heavy atom. The molecule has 0 unspecified atom stereocenters. The summed E-state index contributed by atoms with van der Waals surface area (Å²) in [4.78, 5) is 37.3.